The van der Waals surface area contributed by atoms with E-state index in [4.69, 9.17) is 9.84 Å². The van der Waals surface area contributed by atoms with Gasteiger partial charge in [-0.2, -0.15) is 5.10 Å². The van der Waals surface area contributed by atoms with Crippen LogP contribution in [0.4, 0.5) is 5.82 Å². The molecule has 2 atom stereocenters. The molecule has 0 aliphatic carbocycles. The van der Waals surface area contributed by atoms with Crippen molar-refractivity contribution in [1.29, 1.82) is 0 Å². The number of thiophene rings is 1. The summed E-state index contributed by atoms with van der Waals surface area (Å²) in [5, 5.41) is 16.1. The highest BCUT2D eigenvalue weighted by Gasteiger charge is 2.30. The summed E-state index contributed by atoms with van der Waals surface area (Å²) in [5.41, 5.74) is 2.20. The van der Waals surface area contributed by atoms with Crippen molar-refractivity contribution in [3.05, 3.63) is 89.3 Å². The van der Waals surface area contributed by atoms with E-state index in [1.807, 2.05) is 67.8 Å². The lowest BCUT2D eigenvalue weighted by atomic mass is 10.0. The largest absolute Gasteiger partial charge is 0.491 e. The molecule has 2 aromatic carbocycles. The van der Waals surface area contributed by atoms with E-state index in [1.165, 1.54) is 0 Å². The van der Waals surface area contributed by atoms with Gasteiger partial charge in [0.2, 0.25) is 5.91 Å². The number of aromatic nitrogens is 2. The Morgan fingerprint density at radius 2 is 1.89 bits per heavy atom. The number of rotatable bonds is 7. The molecule has 5 rings (SSSR count). The Hall–Kier alpha value is -3.95. The summed E-state index contributed by atoms with van der Waals surface area (Å²) in [5.74, 6) is 0.788. The predicted molar refractivity (Wildman–Crippen MR) is 140 cm³/mol. The van der Waals surface area contributed by atoms with Gasteiger partial charge in [0.25, 0.3) is 5.91 Å². The molecule has 8 nitrogen and oxygen atoms in total. The van der Waals surface area contributed by atoms with Gasteiger partial charge in [0.1, 0.15) is 17.3 Å². The Morgan fingerprint density at radius 3 is 2.58 bits per heavy atom. The number of carbonyl (C=O) groups excluding carboxylic acids is 2. The molecule has 0 radical (unpaired) electrons. The van der Waals surface area contributed by atoms with Crippen molar-refractivity contribution < 1.29 is 14.3 Å². The Morgan fingerprint density at radius 1 is 1.11 bits per heavy atom. The average molecular weight is 502 g/mol. The molecule has 3 heterocycles. The fourth-order valence-corrected chi connectivity index (χ4v) is 4.78. The summed E-state index contributed by atoms with van der Waals surface area (Å²) < 4.78 is 7.29. The van der Waals surface area contributed by atoms with E-state index in [0.29, 0.717) is 29.2 Å². The zero-order valence-electron chi connectivity index (χ0n) is 20.0. The molecule has 4 aromatic rings. The van der Waals surface area contributed by atoms with Crippen LogP contribution in [0.15, 0.2) is 78.2 Å². The Kier molecular flexibility index (Phi) is 6.84. The van der Waals surface area contributed by atoms with Crippen molar-refractivity contribution in [3.63, 3.8) is 0 Å². The number of anilines is 1. The van der Waals surface area contributed by atoms with Crippen LogP contribution >= 0.6 is 11.3 Å². The van der Waals surface area contributed by atoms with E-state index >= 15 is 0 Å². The minimum atomic E-state index is -0.637. The molecule has 9 heteroatoms. The standard InChI is InChI=1S/C27H27N5O3S/c1-17(2)35-20-12-10-19(11-13-20)26(34)29-24-15-22(23-9-6-14-36-23)31-32(24)27-28-21(16-25(33)30-27)18-7-4-3-5-8-18/h3-15,17,21,27-28H,16H2,1-2H3,(H,29,34)(H,30,33). The van der Waals surface area contributed by atoms with Crippen molar-refractivity contribution >= 4 is 29.0 Å². The minimum Gasteiger partial charge on any atom is -0.491 e. The van der Waals surface area contributed by atoms with Crippen molar-refractivity contribution in [1.82, 2.24) is 20.4 Å². The molecule has 36 heavy (non-hydrogen) atoms. The summed E-state index contributed by atoms with van der Waals surface area (Å²) >= 11 is 1.55. The van der Waals surface area contributed by atoms with Gasteiger partial charge in [-0.1, -0.05) is 36.4 Å². The summed E-state index contributed by atoms with van der Waals surface area (Å²) in [6.45, 7) is 3.90. The van der Waals surface area contributed by atoms with Gasteiger partial charge >= 0.3 is 0 Å². The number of hydrogen-bond acceptors (Lipinski definition) is 6. The molecule has 1 aliphatic rings. The second-order valence-corrected chi connectivity index (χ2v) is 9.73. The molecule has 3 N–H and O–H groups in total. The van der Waals surface area contributed by atoms with Gasteiger partial charge in [-0.3, -0.25) is 14.9 Å². The molecule has 0 bridgehead atoms. The van der Waals surface area contributed by atoms with E-state index in [9.17, 15) is 9.59 Å². The smallest absolute Gasteiger partial charge is 0.256 e. The number of carbonyl (C=O) groups is 2. The fraction of sp³-hybridized carbons (Fsp3) is 0.222. The molecule has 0 saturated carbocycles. The minimum absolute atomic E-state index is 0.0487. The number of benzene rings is 2. The fourth-order valence-electron chi connectivity index (χ4n) is 4.09. The van der Waals surface area contributed by atoms with E-state index < -0.39 is 6.29 Å². The predicted octanol–water partition coefficient (Wildman–Crippen LogP) is 4.96. The maximum Gasteiger partial charge on any atom is 0.256 e. The van der Waals surface area contributed by atoms with Gasteiger partial charge in [0.05, 0.1) is 11.0 Å². The van der Waals surface area contributed by atoms with E-state index in [0.717, 1.165) is 10.4 Å². The highest BCUT2D eigenvalue weighted by atomic mass is 32.1. The van der Waals surface area contributed by atoms with Crippen LogP contribution in [-0.2, 0) is 4.79 Å². The number of nitrogens with one attached hydrogen (secondary N) is 3. The van der Waals surface area contributed by atoms with Crippen LogP contribution in [0.1, 0.15) is 48.5 Å². The third-order valence-corrected chi connectivity index (χ3v) is 6.62. The summed E-state index contributed by atoms with van der Waals surface area (Å²) in [6.07, 6.45) is -0.276. The van der Waals surface area contributed by atoms with Gasteiger partial charge in [-0.05, 0) is 55.1 Å². The van der Waals surface area contributed by atoms with Crippen molar-refractivity contribution in [2.24, 2.45) is 0 Å². The number of ether oxygens (including phenoxy) is 1. The van der Waals surface area contributed by atoms with Crippen LogP contribution < -0.4 is 20.7 Å². The van der Waals surface area contributed by atoms with Crippen LogP contribution in [0, 0.1) is 0 Å². The third-order valence-electron chi connectivity index (χ3n) is 5.73. The zero-order chi connectivity index (χ0) is 25.1. The van der Waals surface area contributed by atoms with E-state index in [1.54, 1.807) is 40.3 Å². The average Bonchev–Trinajstić information content (AvgIpc) is 3.55. The molecular formula is C27H27N5O3S. The van der Waals surface area contributed by atoms with E-state index in [-0.39, 0.29) is 24.0 Å². The number of nitrogens with zero attached hydrogens (tertiary/aromatic N) is 2. The lowest BCUT2D eigenvalue weighted by Gasteiger charge is -2.32. The second-order valence-electron chi connectivity index (χ2n) is 8.79. The zero-order valence-corrected chi connectivity index (χ0v) is 20.8. The molecule has 1 fully saturated rings. The van der Waals surface area contributed by atoms with Gasteiger partial charge in [-0.15, -0.1) is 11.3 Å². The normalized spacial score (nSPS) is 17.6. The van der Waals surface area contributed by atoms with Gasteiger partial charge < -0.3 is 15.4 Å². The van der Waals surface area contributed by atoms with Gasteiger partial charge in [0, 0.05) is 24.1 Å². The van der Waals surface area contributed by atoms with Crippen LogP contribution in [-0.4, -0.2) is 27.7 Å². The second kappa shape index (κ2) is 10.3. The van der Waals surface area contributed by atoms with Crippen molar-refractivity contribution in [2.75, 3.05) is 5.32 Å². The topological polar surface area (TPSA) is 97.3 Å². The lowest BCUT2D eigenvalue weighted by Crippen LogP contribution is -2.50. The Balaban J connectivity index is 1.43. The SMILES string of the molecule is CC(C)Oc1ccc(C(=O)Nc2cc(-c3cccs3)nn2C2NC(=O)CC(c3ccccc3)N2)cc1. The maximum absolute atomic E-state index is 13.1. The molecule has 1 saturated heterocycles. The number of hydrogen-bond donors (Lipinski definition) is 3. The maximum atomic E-state index is 13.1. The van der Waals surface area contributed by atoms with Crippen LogP contribution in [0.3, 0.4) is 0 Å². The first-order valence-electron chi connectivity index (χ1n) is 11.8. The first kappa shape index (κ1) is 23.8. The van der Waals surface area contributed by atoms with Crippen LogP contribution in [0.2, 0.25) is 0 Å². The van der Waals surface area contributed by atoms with Crippen molar-refractivity contribution in [3.8, 4) is 16.3 Å². The highest BCUT2D eigenvalue weighted by Crippen LogP contribution is 2.30. The molecule has 2 amide bonds. The first-order chi connectivity index (χ1) is 17.5. The highest BCUT2D eigenvalue weighted by molar-refractivity contribution is 7.13. The Labute approximate surface area is 213 Å². The van der Waals surface area contributed by atoms with Gasteiger partial charge in [-0.25, -0.2) is 4.68 Å². The van der Waals surface area contributed by atoms with E-state index in [2.05, 4.69) is 16.0 Å². The Bertz CT molecular complexity index is 1330. The molecular weight excluding hydrogens is 474 g/mol. The monoisotopic (exact) mass is 501 g/mol. The molecule has 1 aliphatic heterocycles. The van der Waals surface area contributed by atoms with Crippen molar-refractivity contribution in [2.45, 2.75) is 38.7 Å². The molecule has 0 spiro atoms. The van der Waals surface area contributed by atoms with Crippen LogP contribution in [0.5, 0.6) is 5.75 Å². The van der Waals surface area contributed by atoms with Crippen LogP contribution in [0.25, 0.3) is 10.6 Å². The number of amides is 2. The molecule has 2 unspecified atom stereocenters. The molecule has 2 aromatic heterocycles. The summed E-state index contributed by atoms with van der Waals surface area (Å²) in [4.78, 5) is 26.7. The molecule has 184 valence electrons. The first-order valence-corrected chi connectivity index (χ1v) is 12.7. The lowest BCUT2D eigenvalue weighted by molar-refractivity contribution is -0.125. The third kappa shape index (κ3) is 5.32. The summed E-state index contributed by atoms with van der Waals surface area (Å²) in [7, 11) is 0. The quantitative estimate of drug-likeness (QED) is 0.333. The summed E-state index contributed by atoms with van der Waals surface area (Å²) in [6, 6.07) is 22.4. The van der Waals surface area contributed by atoms with Gasteiger partial charge in [0.15, 0.2) is 6.29 Å².